The average molecular weight is 317 g/mol. The van der Waals surface area contributed by atoms with Gasteiger partial charge in [0.05, 0.1) is 9.26 Å². The lowest BCUT2D eigenvalue weighted by Gasteiger charge is -2.13. The van der Waals surface area contributed by atoms with Gasteiger partial charge >= 0.3 is 0 Å². The molecule has 0 saturated heterocycles. The van der Waals surface area contributed by atoms with Gasteiger partial charge in [-0.05, 0) is 35.4 Å². The first-order valence-corrected chi connectivity index (χ1v) is 6.62. The Hall–Kier alpha value is -0.390. The molecule has 2 N–H and O–H groups in total. The quantitative estimate of drug-likeness (QED) is 0.853. The maximum atomic E-state index is 5.91. The molecule has 82 valence electrons. The summed E-state index contributed by atoms with van der Waals surface area (Å²) in [4.78, 5) is 8.92. The zero-order valence-corrected chi connectivity index (χ0v) is 11.1. The fourth-order valence-electron chi connectivity index (χ4n) is 2.16. The maximum absolute atomic E-state index is 5.91. The van der Waals surface area contributed by atoms with E-state index in [0.29, 0.717) is 11.7 Å². The summed E-state index contributed by atoms with van der Waals surface area (Å²) in [6.07, 6.45) is 6.03. The van der Waals surface area contributed by atoms with Crippen LogP contribution in [0.4, 0.5) is 5.82 Å². The molecule has 2 rings (SSSR count). The highest BCUT2D eigenvalue weighted by Crippen LogP contribution is 2.36. The lowest BCUT2D eigenvalue weighted by molar-refractivity contribution is 0.680. The molecule has 1 aromatic heterocycles. The highest BCUT2D eigenvalue weighted by atomic mass is 127. The van der Waals surface area contributed by atoms with E-state index in [2.05, 4.69) is 39.5 Å². The third-order valence-corrected chi connectivity index (χ3v) is 4.11. The first-order chi connectivity index (χ1) is 7.22. The standard InChI is InChI=1S/C11H16IN3/c1-2-8-14-10(7-5-3-4-6-7)9(12)11(13)15-8/h7H,2-6H2,1H3,(H2,13,14,15). The number of nitrogen functional groups attached to an aromatic ring is 1. The smallest absolute Gasteiger partial charge is 0.140 e. The molecule has 0 unspecified atom stereocenters. The van der Waals surface area contributed by atoms with Gasteiger partial charge in [-0.15, -0.1) is 0 Å². The van der Waals surface area contributed by atoms with Gasteiger partial charge in [-0.25, -0.2) is 9.97 Å². The third-order valence-electron chi connectivity index (χ3n) is 3.01. The molecule has 1 aromatic rings. The molecule has 1 fully saturated rings. The van der Waals surface area contributed by atoms with Crippen molar-refractivity contribution >= 4 is 28.4 Å². The fourth-order valence-corrected chi connectivity index (χ4v) is 2.84. The van der Waals surface area contributed by atoms with Crippen molar-refractivity contribution < 1.29 is 0 Å². The van der Waals surface area contributed by atoms with Crippen LogP contribution in [-0.4, -0.2) is 9.97 Å². The molecule has 1 heterocycles. The zero-order valence-electron chi connectivity index (χ0n) is 8.96. The highest BCUT2D eigenvalue weighted by Gasteiger charge is 2.22. The van der Waals surface area contributed by atoms with Gasteiger partial charge in [0.1, 0.15) is 11.6 Å². The summed E-state index contributed by atoms with van der Waals surface area (Å²) in [7, 11) is 0. The first-order valence-electron chi connectivity index (χ1n) is 5.54. The molecular weight excluding hydrogens is 301 g/mol. The van der Waals surface area contributed by atoms with Gasteiger partial charge in [0.15, 0.2) is 0 Å². The van der Waals surface area contributed by atoms with Crippen molar-refractivity contribution in [2.75, 3.05) is 5.73 Å². The van der Waals surface area contributed by atoms with Crippen LogP contribution in [-0.2, 0) is 6.42 Å². The number of hydrogen-bond donors (Lipinski definition) is 1. The number of nitrogens with two attached hydrogens (primary N) is 1. The number of halogens is 1. The lowest BCUT2D eigenvalue weighted by atomic mass is 10.0. The monoisotopic (exact) mass is 317 g/mol. The molecule has 0 atom stereocenters. The number of hydrogen-bond acceptors (Lipinski definition) is 3. The minimum Gasteiger partial charge on any atom is -0.383 e. The van der Waals surface area contributed by atoms with Gasteiger partial charge in [0.2, 0.25) is 0 Å². The minimum atomic E-state index is 0.618. The van der Waals surface area contributed by atoms with E-state index < -0.39 is 0 Å². The Morgan fingerprint density at radius 2 is 2.00 bits per heavy atom. The topological polar surface area (TPSA) is 51.8 Å². The summed E-state index contributed by atoms with van der Waals surface area (Å²) in [5.41, 5.74) is 7.10. The molecular formula is C11H16IN3. The molecule has 15 heavy (non-hydrogen) atoms. The summed E-state index contributed by atoms with van der Waals surface area (Å²) in [6.45, 7) is 2.07. The molecule has 3 nitrogen and oxygen atoms in total. The number of aromatic nitrogens is 2. The molecule has 0 radical (unpaired) electrons. The predicted molar refractivity (Wildman–Crippen MR) is 69.7 cm³/mol. The van der Waals surface area contributed by atoms with Crippen molar-refractivity contribution in [1.29, 1.82) is 0 Å². The average Bonchev–Trinajstić information content (AvgIpc) is 2.75. The second-order valence-electron chi connectivity index (χ2n) is 4.06. The van der Waals surface area contributed by atoms with Gasteiger partial charge < -0.3 is 5.73 Å². The Kier molecular flexibility index (Phi) is 3.43. The summed E-state index contributed by atoms with van der Waals surface area (Å²) in [5.74, 6) is 2.16. The van der Waals surface area contributed by atoms with Crippen LogP contribution in [0, 0.1) is 3.57 Å². The van der Waals surface area contributed by atoms with Crippen molar-refractivity contribution in [3.8, 4) is 0 Å². The van der Waals surface area contributed by atoms with Gasteiger partial charge in [-0.1, -0.05) is 19.8 Å². The van der Waals surface area contributed by atoms with Crippen molar-refractivity contribution in [2.45, 2.75) is 44.9 Å². The van der Waals surface area contributed by atoms with Crippen LogP contribution in [0.25, 0.3) is 0 Å². The van der Waals surface area contributed by atoms with Crippen LogP contribution < -0.4 is 5.73 Å². The fraction of sp³-hybridized carbons (Fsp3) is 0.636. The molecule has 0 bridgehead atoms. The van der Waals surface area contributed by atoms with Crippen molar-refractivity contribution in [1.82, 2.24) is 9.97 Å². The molecule has 4 heteroatoms. The number of nitrogens with zero attached hydrogens (tertiary/aromatic N) is 2. The predicted octanol–water partition coefficient (Wildman–Crippen LogP) is 2.88. The van der Waals surface area contributed by atoms with Crippen LogP contribution in [0.1, 0.15) is 50.0 Å². The Balaban J connectivity index is 2.39. The molecule has 1 saturated carbocycles. The van der Waals surface area contributed by atoms with Gasteiger partial charge in [-0.3, -0.25) is 0 Å². The normalized spacial score (nSPS) is 17.2. The summed E-state index contributed by atoms with van der Waals surface area (Å²) in [5, 5.41) is 0. The molecule has 0 aliphatic heterocycles. The van der Waals surface area contributed by atoms with E-state index in [4.69, 9.17) is 5.73 Å². The van der Waals surface area contributed by atoms with Crippen LogP contribution in [0.2, 0.25) is 0 Å². The van der Waals surface area contributed by atoms with Crippen LogP contribution >= 0.6 is 22.6 Å². The summed E-state index contributed by atoms with van der Waals surface area (Å²) in [6, 6.07) is 0. The summed E-state index contributed by atoms with van der Waals surface area (Å²) >= 11 is 2.28. The summed E-state index contributed by atoms with van der Waals surface area (Å²) < 4.78 is 1.07. The van der Waals surface area contributed by atoms with Crippen LogP contribution in [0.3, 0.4) is 0 Å². The van der Waals surface area contributed by atoms with Gasteiger partial charge in [-0.2, -0.15) is 0 Å². The second-order valence-corrected chi connectivity index (χ2v) is 5.14. The van der Waals surface area contributed by atoms with Crippen molar-refractivity contribution in [2.24, 2.45) is 0 Å². The number of rotatable bonds is 2. The Morgan fingerprint density at radius 1 is 1.33 bits per heavy atom. The van der Waals surface area contributed by atoms with Gasteiger partial charge in [0, 0.05) is 12.3 Å². The van der Waals surface area contributed by atoms with E-state index in [-0.39, 0.29) is 0 Å². The zero-order chi connectivity index (χ0) is 10.8. The first kappa shape index (κ1) is 11.1. The van der Waals surface area contributed by atoms with Crippen molar-refractivity contribution in [3.05, 3.63) is 15.1 Å². The maximum Gasteiger partial charge on any atom is 0.140 e. The van der Waals surface area contributed by atoms with E-state index in [0.717, 1.165) is 15.8 Å². The van der Waals surface area contributed by atoms with E-state index in [1.54, 1.807) is 0 Å². The number of aryl methyl sites for hydroxylation is 1. The Morgan fingerprint density at radius 3 is 2.60 bits per heavy atom. The van der Waals surface area contributed by atoms with E-state index in [1.807, 2.05) is 0 Å². The second kappa shape index (κ2) is 4.63. The largest absolute Gasteiger partial charge is 0.383 e. The molecule has 1 aliphatic carbocycles. The van der Waals surface area contributed by atoms with E-state index in [9.17, 15) is 0 Å². The molecule has 0 amide bonds. The van der Waals surface area contributed by atoms with Crippen LogP contribution in [0.15, 0.2) is 0 Å². The Labute approximate surface area is 104 Å². The minimum absolute atomic E-state index is 0.618. The van der Waals surface area contributed by atoms with Crippen molar-refractivity contribution in [3.63, 3.8) is 0 Å². The van der Waals surface area contributed by atoms with Crippen LogP contribution in [0.5, 0.6) is 0 Å². The lowest BCUT2D eigenvalue weighted by Crippen LogP contribution is -2.09. The van der Waals surface area contributed by atoms with Gasteiger partial charge in [0.25, 0.3) is 0 Å². The molecule has 0 spiro atoms. The SMILES string of the molecule is CCc1nc(N)c(I)c(C2CCCC2)n1. The third kappa shape index (κ3) is 2.24. The highest BCUT2D eigenvalue weighted by molar-refractivity contribution is 14.1. The Bertz CT molecular complexity index is 359. The molecule has 0 aromatic carbocycles. The number of anilines is 1. The van der Waals surface area contributed by atoms with E-state index in [1.165, 1.54) is 31.4 Å². The van der Waals surface area contributed by atoms with E-state index >= 15 is 0 Å². The molecule has 1 aliphatic rings.